The molecule has 0 bridgehead atoms. The molecule has 1 saturated carbocycles. The molecule has 25 heavy (non-hydrogen) atoms. The summed E-state index contributed by atoms with van der Waals surface area (Å²) in [6.07, 6.45) is 6.39. The second-order valence-electron chi connectivity index (χ2n) is 6.64. The van der Waals surface area contributed by atoms with Gasteiger partial charge in [-0.2, -0.15) is 0 Å². The van der Waals surface area contributed by atoms with E-state index in [-0.39, 0.29) is 24.9 Å². The average Bonchev–Trinajstić information content (AvgIpc) is 2.58. The predicted molar refractivity (Wildman–Crippen MR) is 99.5 cm³/mol. The molecule has 2 rings (SSSR count). The van der Waals surface area contributed by atoms with Crippen LogP contribution in [0.3, 0.4) is 0 Å². The van der Waals surface area contributed by atoms with Gasteiger partial charge in [0.15, 0.2) is 0 Å². The lowest BCUT2D eigenvalue weighted by Gasteiger charge is -2.26. The number of carbonyl (C=O) groups excluding carboxylic acids is 1. The van der Waals surface area contributed by atoms with Gasteiger partial charge < -0.3 is 10.1 Å². The molecule has 1 aromatic carbocycles. The van der Waals surface area contributed by atoms with E-state index in [1.165, 1.54) is 17.8 Å². The highest BCUT2D eigenvalue weighted by Gasteiger charge is 2.23. The Morgan fingerprint density at radius 3 is 2.56 bits per heavy atom. The van der Waals surface area contributed by atoms with Crippen molar-refractivity contribution in [2.24, 2.45) is 5.92 Å². The Bertz CT molecular complexity index is 697. The van der Waals surface area contributed by atoms with Crippen LogP contribution in [0.25, 0.3) is 0 Å². The van der Waals surface area contributed by atoms with E-state index >= 15 is 0 Å². The van der Waals surface area contributed by atoms with E-state index in [9.17, 15) is 13.2 Å². The highest BCUT2D eigenvalue weighted by Crippen LogP contribution is 2.30. The number of carbonyl (C=O) groups is 1. The molecule has 7 heteroatoms. The average molecular weight is 368 g/mol. The molecule has 1 N–H and O–H groups in total. The number of hydrogen-bond acceptors (Lipinski definition) is 4. The van der Waals surface area contributed by atoms with Crippen molar-refractivity contribution in [2.75, 3.05) is 30.8 Å². The Balaban J connectivity index is 2.07. The van der Waals surface area contributed by atoms with Crippen molar-refractivity contribution >= 4 is 21.6 Å². The molecule has 0 atom stereocenters. The molecule has 0 radical (unpaired) electrons. The van der Waals surface area contributed by atoms with Gasteiger partial charge in [0.25, 0.3) is 0 Å². The van der Waals surface area contributed by atoms with E-state index < -0.39 is 10.0 Å². The largest absolute Gasteiger partial charge is 0.495 e. The molecule has 0 aliphatic heterocycles. The van der Waals surface area contributed by atoms with Crippen molar-refractivity contribution < 1.29 is 17.9 Å². The zero-order valence-corrected chi connectivity index (χ0v) is 16.1. The van der Waals surface area contributed by atoms with Crippen LogP contribution in [0.4, 0.5) is 5.69 Å². The lowest BCUT2D eigenvalue weighted by Crippen LogP contribution is -2.40. The second kappa shape index (κ2) is 8.56. The topological polar surface area (TPSA) is 75.7 Å². The molecule has 140 valence electrons. The Morgan fingerprint density at radius 1 is 1.28 bits per heavy atom. The van der Waals surface area contributed by atoms with Gasteiger partial charge in [0.1, 0.15) is 5.75 Å². The number of benzene rings is 1. The summed E-state index contributed by atoms with van der Waals surface area (Å²) in [7, 11) is -1.97. The molecule has 0 unspecified atom stereocenters. The number of nitrogens with one attached hydrogen (secondary N) is 1. The van der Waals surface area contributed by atoms with Gasteiger partial charge in [-0.3, -0.25) is 9.10 Å². The SMILES string of the molecule is COc1ccc(C)cc1N(CCNC(=O)C1CCCCC1)S(C)(=O)=O. The van der Waals surface area contributed by atoms with Gasteiger partial charge in [-0.05, 0) is 37.5 Å². The van der Waals surface area contributed by atoms with Gasteiger partial charge >= 0.3 is 0 Å². The number of sulfonamides is 1. The van der Waals surface area contributed by atoms with Crippen molar-refractivity contribution in [3.8, 4) is 5.75 Å². The number of methoxy groups -OCH3 is 1. The first-order valence-corrected chi connectivity index (χ1v) is 10.6. The molecule has 0 heterocycles. The molecular formula is C18H28N2O4S. The highest BCUT2D eigenvalue weighted by atomic mass is 32.2. The van der Waals surface area contributed by atoms with E-state index in [0.29, 0.717) is 11.4 Å². The summed E-state index contributed by atoms with van der Waals surface area (Å²) in [5, 5.41) is 2.89. The van der Waals surface area contributed by atoms with Gasteiger partial charge in [0.2, 0.25) is 15.9 Å². The first kappa shape index (κ1) is 19.6. The van der Waals surface area contributed by atoms with E-state index in [0.717, 1.165) is 37.5 Å². The van der Waals surface area contributed by atoms with Gasteiger partial charge in [-0.25, -0.2) is 8.42 Å². The molecule has 1 aromatic rings. The number of amides is 1. The smallest absolute Gasteiger partial charge is 0.232 e. The molecular weight excluding hydrogens is 340 g/mol. The van der Waals surface area contributed by atoms with Crippen LogP contribution >= 0.6 is 0 Å². The standard InChI is InChI=1S/C18H28N2O4S/c1-14-9-10-17(24-2)16(13-14)20(25(3,22)23)12-11-19-18(21)15-7-5-4-6-8-15/h9-10,13,15H,4-8,11-12H2,1-3H3,(H,19,21). The van der Waals surface area contributed by atoms with Crippen LogP contribution < -0.4 is 14.4 Å². The number of nitrogens with zero attached hydrogens (tertiary/aromatic N) is 1. The number of aryl methyl sites for hydroxylation is 1. The van der Waals surface area contributed by atoms with E-state index in [1.807, 2.05) is 13.0 Å². The molecule has 0 saturated heterocycles. The minimum absolute atomic E-state index is 0.0318. The zero-order valence-electron chi connectivity index (χ0n) is 15.2. The molecule has 1 aliphatic rings. The quantitative estimate of drug-likeness (QED) is 0.802. The first-order chi connectivity index (χ1) is 11.8. The highest BCUT2D eigenvalue weighted by molar-refractivity contribution is 7.92. The Kier molecular flexibility index (Phi) is 6.70. The van der Waals surface area contributed by atoms with Crippen molar-refractivity contribution in [3.05, 3.63) is 23.8 Å². The maximum absolute atomic E-state index is 12.2. The third-order valence-electron chi connectivity index (χ3n) is 4.59. The third kappa shape index (κ3) is 5.36. The maximum Gasteiger partial charge on any atom is 0.232 e. The fourth-order valence-electron chi connectivity index (χ4n) is 3.25. The van der Waals surface area contributed by atoms with E-state index in [2.05, 4.69) is 5.32 Å². The molecule has 6 nitrogen and oxygen atoms in total. The third-order valence-corrected chi connectivity index (χ3v) is 5.77. The molecule has 1 aliphatic carbocycles. The lowest BCUT2D eigenvalue weighted by molar-refractivity contribution is -0.125. The van der Waals surface area contributed by atoms with Crippen LogP contribution in [0.5, 0.6) is 5.75 Å². The predicted octanol–water partition coefficient (Wildman–Crippen LogP) is 2.47. The van der Waals surface area contributed by atoms with Crippen LogP contribution in [0.15, 0.2) is 18.2 Å². The minimum Gasteiger partial charge on any atom is -0.495 e. The number of rotatable bonds is 7. The number of ether oxygens (including phenoxy) is 1. The monoisotopic (exact) mass is 368 g/mol. The van der Waals surface area contributed by atoms with Crippen molar-refractivity contribution in [2.45, 2.75) is 39.0 Å². The maximum atomic E-state index is 12.2. The number of anilines is 1. The van der Waals surface area contributed by atoms with Crippen molar-refractivity contribution in [1.82, 2.24) is 5.32 Å². The summed E-state index contributed by atoms with van der Waals surface area (Å²) < 4.78 is 31.1. The summed E-state index contributed by atoms with van der Waals surface area (Å²) in [5.74, 6) is 0.591. The fourth-order valence-corrected chi connectivity index (χ4v) is 4.17. The Labute approximate surface area is 150 Å². The molecule has 0 spiro atoms. The fraction of sp³-hybridized carbons (Fsp3) is 0.611. The first-order valence-electron chi connectivity index (χ1n) is 8.73. The zero-order chi connectivity index (χ0) is 18.4. The summed E-state index contributed by atoms with van der Waals surface area (Å²) >= 11 is 0. The summed E-state index contributed by atoms with van der Waals surface area (Å²) in [6.45, 7) is 2.35. The lowest BCUT2D eigenvalue weighted by atomic mass is 9.89. The van der Waals surface area contributed by atoms with Gasteiger partial charge in [0.05, 0.1) is 25.6 Å². The van der Waals surface area contributed by atoms with Gasteiger partial charge in [-0.1, -0.05) is 25.3 Å². The van der Waals surface area contributed by atoms with Crippen LogP contribution in [-0.4, -0.2) is 40.8 Å². The van der Waals surface area contributed by atoms with Crippen LogP contribution in [0, 0.1) is 12.8 Å². The van der Waals surface area contributed by atoms with Crippen LogP contribution in [0.2, 0.25) is 0 Å². The Morgan fingerprint density at radius 2 is 1.96 bits per heavy atom. The number of hydrogen-bond donors (Lipinski definition) is 1. The van der Waals surface area contributed by atoms with Crippen molar-refractivity contribution in [1.29, 1.82) is 0 Å². The summed E-state index contributed by atoms with van der Waals surface area (Å²) in [6, 6.07) is 5.40. The van der Waals surface area contributed by atoms with Gasteiger partial charge in [-0.15, -0.1) is 0 Å². The second-order valence-corrected chi connectivity index (χ2v) is 8.54. The van der Waals surface area contributed by atoms with E-state index in [1.54, 1.807) is 12.1 Å². The molecule has 1 fully saturated rings. The molecule has 0 aromatic heterocycles. The van der Waals surface area contributed by atoms with E-state index in [4.69, 9.17) is 4.74 Å². The van der Waals surface area contributed by atoms with Crippen LogP contribution in [-0.2, 0) is 14.8 Å². The van der Waals surface area contributed by atoms with Crippen LogP contribution in [0.1, 0.15) is 37.7 Å². The van der Waals surface area contributed by atoms with Gasteiger partial charge in [0, 0.05) is 12.5 Å². The minimum atomic E-state index is -3.49. The summed E-state index contributed by atoms with van der Waals surface area (Å²) in [4.78, 5) is 12.2. The molecule has 1 amide bonds. The Hall–Kier alpha value is -1.76. The van der Waals surface area contributed by atoms with Crippen molar-refractivity contribution in [3.63, 3.8) is 0 Å². The normalized spacial score (nSPS) is 15.6. The summed E-state index contributed by atoms with van der Waals surface area (Å²) in [5.41, 5.74) is 1.44.